The molecular formula is C24H27N5O3S. The molecule has 1 aliphatic carbocycles. The van der Waals surface area contributed by atoms with E-state index in [-0.39, 0.29) is 0 Å². The van der Waals surface area contributed by atoms with Crippen LogP contribution >= 0.6 is 11.3 Å². The number of pyridine rings is 2. The molecule has 5 rings (SSSR count). The second kappa shape index (κ2) is 11.0. The molecule has 8 nitrogen and oxygen atoms in total. The third-order valence-corrected chi connectivity index (χ3v) is 6.41. The molecule has 1 aliphatic rings. The van der Waals surface area contributed by atoms with Crippen LogP contribution in [-0.4, -0.2) is 39.3 Å². The van der Waals surface area contributed by atoms with Gasteiger partial charge in [-0.3, -0.25) is 10.3 Å². The van der Waals surface area contributed by atoms with Gasteiger partial charge in [-0.05, 0) is 42.7 Å². The number of amides is 1. The normalized spacial score (nSPS) is 14.0. The van der Waals surface area contributed by atoms with E-state index in [1.807, 2.05) is 5.51 Å². The topological polar surface area (TPSA) is 109 Å². The van der Waals surface area contributed by atoms with Crippen molar-refractivity contribution in [3.8, 4) is 5.88 Å². The van der Waals surface area contributed by atoms with E-state index in [9.17, 15) is 4.79 Å². The summed E-state index contributed by atoms with van der Waals surface area (Å²) in [5, 5.41) is 14.6. The van der Waals surface area contributed by atoms with Crippen LogP contribution in [0.15, 0.2) is 48.1 Å². The Bertz CT molecular complexity index is 1220. The molecule has 0 aliphatic heterocycles. The lowest BCUT2D eigenvalue weighted by Gasteiger charge is -2.22. The van der Waals surface area contributed by atoms with Crippen molar-refractivity contribution in [1.29, 1.82) is 0 Å². The minimum atomic E-state index is -1.14. The lowest BCUT2D eigenvalue weighted by Crippen LogP contribution is -2.30. The van der Waals surface area contributed by atoms with Crippen molar-refractivity contribution in [2.45, 2.75) is 44.7 Å². The number of rotatable bonds is 5. The van der Waals surface area contributed by atoms with Crippen molar-refractivity contribution >= 4 is 44.4 Å². The Kier molecular flexibility index (Phi) is 7.64. The number of nitrogens with one attached hydrogen (secondary N) is 2. The number of fused-ring (bicyclic) bond motifs is 2. The van der Waals surface area contributed by atoms with Crippen LogP contribution in [0.4, 0.5) is 10.5 Å². The van der Waals surface area contributed by atoms with Crippen LogP contribution in [0.1, 0.15) is 37.7 Å². The molecule has 0 bridgehead atoms. The molecule has 0 atom stereocenters. The first-order valence-corrected chi connectivity index (χ1v) is 11.9. The molecule has 0 radical (unpaired) electrons. The average molecular weight is 466 g/mol. The maximum Gasteiger partial charge on any atom is 0.409 e. The van der Waals surface area contributed by atoms with Crippen molar-refractivity contribution in [2.24, 2.45) is 0 Å². The Morgan fingerprint density at radius 2 is 1.97 bits per heavy atom. The van der Waals surface area contributed by atoms with Crippen molar-refractivity contribution < 1.29 is 14.6 Å². The van der Waals surface area contributed by atoms with Crippen molar-refractivity contribution in [3.63, 3.8) is 0 Å². The molecule has 3 heterocycles. The molecule has 33 heavy (non-hydrogen) atoms. The number of nitrogens with zero attached hydrogens (tertiary/aromatic N) is 3. The number of hydrogen-bond donors (Lipinski definition) is 3. The van der Waals surface area contributed by atoms with E-state index in [2.05, 4.69) is 43.8 Å². The first-order chi connectivity index (χ1) is 16.1. The highest BCUT2D eigenvalue weighted by Crippen LogP contribution is 2.22. The third-order valence-electron chi connectivity index (χ3n) is 5.60. The van der Waals surface area contributed by atoms with Crippen LogP contribution in [0, 0.1) is 0 Å². The minimum Gasteiger partial charge on any atom is -0.481 e. The van der Waals surface area contributed by atoms with Gasteiger partial charge in [0.05, 0.1) is 34.0 Å². The Balaban J connectivity index is 0.000000157. The van der Waals surface area contributed by atoms with Gasteiger partial charge in [0.1, 0.15) is 5.52 Å². The summed E-state index contributed by atoms with van der Waals surface area (Å²) in [4.78, 5) is 23.2. The zero-order chi connectivity index (χ0) is 23.0. The summed E-state index contributed by atoms with van der Waals surface area (Å²) in [5.41, 5.74) is 5.86. The zero-order valence-electron chi connectivity index (χ0n) is 18.5. The van der Waals surface area contributed by atoms with Gasteiger partial charge in [-0.15, -0.1) is 11.3 Å². The van der Waals surface area contributed by atoms with Crippen LogP contribution in [0.25, 0.3) is 21.3 Å². The fraction of sp³-hybridized carbons (Fsp3) is 0.333. The van der Waals surface area contributed by atoms with Crippen molar-refractivity contribution in [1.82, 2.24) is 20.3 Å². The summed E-state index contributed by atoms with van der Waals surface area (Å²) in [6.07, 6.45) is 7.27. The van der Waals surface area contributed by atoms with Gasteiger partial charge in [0.25, 0.3) is 0 Å². The summed E-state index contributed by atoms with van der Waals surface area (Å²) in [7, 11) is 1.49. The number of hydrogen-bond acceptors (Lipinski definition) is 7. The highest BCUT2D eigenvalue weighted by molar-refractivity contribution is 7.16. The fourth-order valence-electron chi connectivity index (χ4n) is 3.92. The van der Waals surface area contributed by atoms with E-state index in [1.54, 1.807) is 29.5 Å². The number of benzene rings is 1. The van der Waals surface area contributed by atoms with E-state index < -0.39 is 6.09 Å². The van der Waals surface area contributed by atoms with Crippen molar-refractivity contribution in [2.75, 3.05) is 12.4 Å². The van der Waals surface area contributed by atoms with E-state index in [4.69, 9.17) is 9.84 Å². The largest absolute Gasteiger partial charge is 0.481 e. The summed E-state index contributed by atoms with van der Waals surface area (Å²) in [6.45, 7) is 0.984. The second-order valence-electron chi connectivity index (χ2n) is 7.88. The van der Waals surface area contributed by atoms with E-state index in [0.29, 0.717) is 22.6 Å². The maximum absolute atomic E-state index is 10.6. The van der Waals surface area contributed by atoms with Gasteiger partial charge in [-0.2, -0.15) is 0 Å². The van der Waals surface area contributed by atoms with Crippen LogP contribution in [0.5, 0.6) is 5.88 Å². The average Bonchev–Trinajstić information content (AvgIpc) is 3.31. The van der Waals surface area contributed by atoms with E-state index >= 15 is 0 Å². The second-order valence-corrected chi connectivity index (χ2v) is 8.77. The maximum atomic E-state index is 10.6. The number of carboxylic acid groups (broad SMARTS) is 1. The highest BCUT2D eigenvalue weighted by Gasteiger charge is 2.12. The monoisotopic (exact) mass is 465 g/mol. The third kappa shape index (κ3) is 6.15. The quantitative estimate of drug-likeness (QED) is 0.360. The number of ether oxygens (including phenoxy) is 1. The molecular weight excluding hydrogens is 438 g/mol. The Labute approximate surface area is 196 Å². The van der Waals surface area contributed by atoms with Gasteiger partial charge in [0.15, 0.2) is 0 Å². The van der Waals surface area contributed by atoms with Gasteiger partial charge in [-0.1, -0.05) is 25.3 Å². The Hall–Kier alpha value is -3.30. The fourth-order valence-corrected chi connectivity index (χ4v) is 4.58. The summed E-state index contributed by atoms with van der Waals surface area (Å²) < 4.78 is 6.25. The smallest absolute Gasteiger partial charge is 0.409 e. The molecule has 0 saturated heterocycles. The Morgan fingerprint density at radius 1 is 1.12 bits per heavy atom. The van der Waals surface area contributed by atoms with Crippen molar-refractivity contribution in [3.05, 3.63) is 53.7 Å². The molecule has 0 unspecified atom stereocenters. The van der Waals surface area contributed by atoms with Crippen LogP contribution in [0.3, 0.4) is 0 Å². The van der Waals surface area contributed by atoms with Gasteiger partial charge < -0.3 is 15.2 Å². The first kappa shape index (κ1) is 22.9. The molecule has 3 aromatic heterocycles. The highest BCUT2D eigenvalue weighted by atomic mass is 32.1. The number of anilines is 1. The number of aromatic nitrogens is 3. The minimum absolute atomic E-state index is 0.386. The molecule has 0 spiro atoms. The summed E-state index contributed by atoms with van der Waals surface area (Å²) in [6, 6.07) is 12.3. The Morgan fingerprint density at radius 3 is 2.76 bits per heavy atom. The number of carbonyl (C=O) groups is 1. The van der Waals surface area contributed by atoms with Gasteiger partial charge in [0, 0.05) is 24.8 Å². The summed E-state index contributed by atoms with van der Waals surface area (Å²) in [5.74, 6) is 0.411. The predicted molar refractivity (Wildman–Crippen MR) is 131 cm³/mol. The molecule has 3 N–H and O–H groups in total. The zero-order valence-corrected chi connectivity index (χ0v) is 19.3. The van der Waals surface area contributed by atoms with Gasteiger partial charge >= 0.3 is 6.09 Å². The molecule has 4 aromatic rings. The number of methoxy groups -OCH3 is 1. The predicted octanol–water partition coefficient (Wildman–Crippen LogP) is 5.45. The first-order valence-electron chi connectivity index (χ1n) is 11.0. The van der Waals surface area contributed by atoms with E-state index in [1.165, 1.54) is 55.7 Å². The summed E-state index contributed by atoms with van der Waals surface area (Å²) >= 11 is 1.71. The van der Waals surface area contributed by atoms with Gasteiger partial charge in [0.2, 0.25) is 5.88 Å². The number of thiazole rings is 1. The molecule has 1 fully saturated rings. The molecule has 1 aromatic carbocycles. The molecule has 9 heteroatoms. The van der Waals surface area contributed by atoms with E-state index in [0.717, 1.165) is 18.1 Å². The lowest BCUT2D eigenvalue weighted by molar-refractivity contribution is 0.210. The molecule has 1 amide bonds. The van der Waals surface area contributed by atoms with Crippen LogP contribution in [-0.2, 0) is 6.54 Å². The SMILES string of the molecule is COc1ccc2nccc(NC(=O)O)c2n1.c1nc2cc(CNC3CCCCC3)ccc2s1. The molecule has 172 valence electrons. The molecule has 1 saturated carbocycles. The standard InChI is InChI=1S/C14H18N2S.C10H9N3O3/c1-2-4-12(5-3-1)15-9-11-6-7-14-13(8-11)16-10-17-14;1-16-8-3-2-6-9(13-8)7(4-5-11-6)12-10(14)15/h6-8,10,12,15H,1-5,9H2;2-5H,1H3,(H,11,12)(H,14,15). The lowest BCUT2D eigenvalue weighted by atomic mass is 9.95. The van der Waals surface area contributed by atoms with Crippen LogP contribution in [0.2, 0.25) is 0 Å². The van der Waals surface area contributed by atoms with Gasteiger partial charge in [-0.25, -0.2) is 14.8 Å². The van der Waals surface area contributed by atoms with Crippen LogP contribution < -0.4 is 15.4 Å².